The van der Waals surface area contributed by atoms with E-state index in [1.54, 1.807) is 0 Å². The molecule has 12 heteroatoms. The smallest absolute Gasteiger partial charge is 0.320 e. The number of aryl methyl sites for hydroxylation is 1. The van der Waals surface area contributed by atoms with Crippen LogP contribution in [0.2, 0.25) is 0 Å². The van der Waals surface area contributed by atoms with Crippen LogP contribution in [0.25, 0.3) is 10.9 Å². The largest absolute Gasteiger partial charge is 0.405 e. The summed E-state index contributed by atoms with van der Waals surface area (Å²) < 4.78 is 133. The third-order valence-electron chi connectivity index (χ3n) is 5.44. The second-order valence-electron chi connectivity index (χ2n) is 7.84. The van der Waals surface area contributed by atoms with Gasteiger partial charge in [0.25, 0.3) is 6.43 Å². The van der Waals surface area contributed by atoms with Crippen LogP contribution in [-0.4, -0.2) is 28.7 Å². The quantitative estimate of drug-likeness (QED) is 0.351. The van der Waals surface area contributed by atoms with E-state index in [1.807, 2.05) is 5.92 Å². The molecule has 4 nitrogen and oxygen atoms in total. The molecule has 0 N–H and O–H groups in total. The Balaban J connectivity index is 1.96. The highest BCUT2D eigenvalue weighted by atomic mass is 19.4. The molecule has 0 atom stereocenters. The van der Waals surface area contributed by atoms with Crippen LogP contribution in [0.1, 0.15) is 22.5 Å². The second kappa shape index (κ2) is 8.55. The molecule has 184 valence electrons. The topological polar surface area (TPSA) is 38.1 Å². The van der Waals surface area contributed by atoms with Gasteiger partial charge in [-0.05, 0) is 43.2 Å². The van der Waals surface area contributed by atoms with Gasteiger partial charge in [-0.25, -0.2) is 26.7 Å². The Hall–Kier alpha value is -3.62. The fourth-order valence-electron chi connectivity index (χ4n) is 3.48. The van der Waals surface area contributed by atoms with Crippen molar-refractivity contribution in [3.8, 4) is 11.8 Å². The monoisotopic (exact) mass is 504 g/mol. The van der Waals surface area contributed by atoms with Crippen LogP contribution in [0, 0.1) is 34.7 Å². The summed E-state index contributed by atoms with van der Waals surface area (Å²) in [6, 6.07) is 3.55. The minimum atomic E-state index is -4.64. The summed E-state index contributed by atoms with van der Waals surface area (Å²) in [5.41, 5.74) is -5.41. The molecule has 0 aliphatic heterocycles. The van der Waals surface area contributed by atoms with Gasteiger partial charge in [0.15, 0.2) is 17.5 Å². The first-order valence-corrected chi connectivity index (χ1v) is 9.91. The van der Waals surface area contributed by atoms with Gasteiger partial charge in [-0.3, -0.25) is 4.57 Å². The van der Waals surface area contributed by atoms with Crippen molar-refractivity contribution < 1.29 is 39.2 Å². The van der Waals surface area contributed by atoms with Gasteiger partial charge in [0.05, 0.1) is 17.4 Å². The lowest BCUT2D eigenvalue weighted by molar-refractivity contribution is -0.168. The Morgan fingerprint density at radius 1 is 1.20 bits per heavy atom. The average Bonchev–Trinajstić information content (AvgIpc) is 3.58. The molecule has 1 aliphatic rings. The summed E-state index contributed by atoms with van der Waals surface area (Å²) in [4.78, 5) is 16.5. The fourth-order valence-corrected chi connectivity index (χ4v) is 3.48. The average molecular weight is 504 g/mol. The number of rotatable bonds is 4. The molecule has 4 rings (SSSR count). The molecule has 0 saturated heterocycles. The number of hydrogen-bond donors (Lipinski definition) is 0. The Morgan fingerprint density at radius 2 is 1.91 bits per heavy atom. The van der Waals surface area contributed by atoms with Gasteiger partial charge in [0, 0.05) is 22.3 Å². The van der Waals surface area contributed by atoms with Gasteiger partial charge in [0.2, 0.25) is 0 Å². The predicted molar refractivity (Wildman–Crippen MR) is 111 cm³/mol. The van der Waals surface area contributed by atoms with Crippen molar-refractivity contribution in [3.05, 3.63) is 63.8 Å². The third kappa shape index (κ3) is 4.54. The zero-order chi connectivity index (χ0) is 28.2. The van der Waals surface area contributed by atoms with Gasteiger partial charge < -0.3 is 4.90 Å². The van der Waals surface area contributed by atoms with E-state index in [0.29, 0.717) is 17.0 Å². The van der Waals surface area contributed by atoms with E-state index in [1.165, 1.54) is 0 Å². The number of halogens is 8. The molecule has 2 aromatic carbocycles. The molecule has 35 heavy (non-hydrogen) atoms. The molecule has 1 heterocycles. The normalized spacial score (nSPS) is 16.3. The first kappa shape index (κ1) is 20.7. The Kier molecular flexibility index (Phi) is 5.06. The molecule has 0 bridgehead atoms. The molecule has 1 aromatic heterocycles. The summed E-state index contributed by atoms with van der Waals surface area (Å²) in [6.07, 6.45) is -8.42. The second-order valence-corrected chi connectivity index (χ2v) is 7.84. The third-order valence-corrected chi connectivity index (χ3v) is 5.44. The van der Waals surface area contributed by atoms with E-state index in [2.05, 4.69) is 10.9 Å². The van der Waals surface area contributed by atoms with Gasteiger partial charge in [-0.2, -0.15) is 18.2 Å². The lowest BCUT2D eigenvalue weighted by Gasteiger charge is -2.25. The SMILES string of the molecule is [2H]C([2H])([2H])n1c(=O)nc(N(CC(F)F)c2cc(F)cc(C#CC3(C(F)(F)F)CC3)c2)c2c(F)c(F)ccc21. The van der Waals surface area contributed by atoms with Crippen molar-refractivity contribution in [2.24, 2.45) is 12.4 Å². The minimum Gasteiger partial charge on any atom is -0.320 e. The van der Waals surface area contributed by atoms with Crippen LogP contribution in [0.15, 0.2) is 35.1 Å². The zero-order valence-corrected chi connectivity index (χ0v) is 17.4. The van der Waals surface area contributed by atoms with Crippen molar-refractivity contribution in [2.45, 2.75) is 25.4 Å². The predicted octanol–water partition coefficient (Wildman–Crippen LogP) is 5.45. The van der Waals surface area contributed by atoms with Gasteiger partial charge >= 0.3 is 11.9 Å². The van der Waals surface area contributed by atoms with Gasteiger partial charge in [-0.15, -0.1) is 0 Å². The van der Waals surface area contributed by atoms with Crippen LogP contribution in [0.5, 0.6) is 0 Å². The van der Waals surface area contributed by atoms with E-state index in [-0.39, 0.29) is 23.0 Å². The summed E-state index contributed by atoms with van der Waals surface area (Å²) in [6.45, 7) is -4.59. The molecule has 1 saturated carbocycles. The van der Waals surface area contributed by atoms with Gasteiger partial charge in [0.1, 0.15) is 11.2 Å². The van der Waals surface area contributed by atoms with Crippen molar-refractivity contribution in [1.82, 2.24) is 9.55 Å². The lowest BCUT2D eigenvalue weighted by Crippen LogP contribution is -2.30. The molecule has 0 radical (unpaired) electrons. The molecule has 3 aromatic rings. The number of anilines is 2. The molecule has 1 aliphatic carbocycles. The highest BCUT2D eigenvalue weighted by Gasteiger charge is 2.62. The number of hydrogen-bond acceptors (Lipinski definition) is 3. The summed E-state index contributed by atoms with van der Waals surface area (Å²) in [7, 11) is 0. The number of aromatic nitrogens is 2. The Morgan fingerprint density at radius 3 is 2.51 bits per heavy atom. The van der Waals surface area contributed by atoms with E-state index in [9.17, 15) is 39.9 Å². The summed E-state index contributed by atoms with van der Waals surface area (Å²) >= 11 is 0. The van der Waals surface area contributed by atoms with E-state index < -0.39 is 77.1 Å². The van der Waals surface area contributed by atoms with Crippen LogP contribution < -0.4 is 10.6 Å². The molecule has 0 spiro atoms. The van der Waals surface area contributed by atoms with Crippen LogP contribution in [0.3, 0.4) is 0 Å². The van der Waals surface area contributed by atoms with Gasteiger partial charge in [-0.1, -0.05) is 11.8 Å². The van der Waals surface area contributed by atoms with E-state index in [4.69, 9.17) is 4.11 Å². The van der Waals surface area contributed by atoms with Crippen LogP contribution >= 0.6 is 0 Å². The minimum absolute atomic E-state index is 0.0591. The maximum Gasteiger partial charge on any atom is 0.405 e. The standard InChI is InChI=1S/C23H15F8N3O/c1-33-16-3-2-15(25)19(28)18(16)20(32-21(33)35)34(11-17(26)27)14-9-12(8-13(24)10-14)4-5-22(6-7-22)23(29,30)31/h2-3,8-10,17H,6-7,11H2,1H3/i1D3. The molecular weight excluding hydrogens is 486 g/mol. The molecule has 0 unspecified atom stereocenters. The first-order chi connectivity index (χ1) is 17.5. The first-order valence-electron chi connectivity index (χ1n) is 11.4. The Labute approximate surface area is 197 Å². The zero-order valence-electron chi connectivity index (χ0n) is 20.4. The number of alkyl halides is 5. The van der Waals surface area contributed by atoms with Crippen molar-refractivity contribution >= 4 is 22.4 Å². The highest BCUT2D eigenvalue weighted by molar-refractivity contribution is 5.92. The summed E-state index contributed by atoms with van der Waals surface area (Å²) in [5, 5.41) is -0.965. The maximum atomic E-state index is 15.0. The number of benzene rings is 2. The fraction of sp³-hybridized carbons (Fsp3) is 0.304. The van der Waals surface area contributed by atoms with Crippen molar-refractivity contribution in [1.29, 1.82) is 0 Å². The number of fused-ring (bicyclic) bond motifs is 1. The van der Waals surface area contributed by atoms with E-state index in [0.717, 1.165) is 18.2 Å². The van der Waals surface area contributed by atoms with E-state index >= 15 is 0 Å². The molecule has 0 amide bonds. The number of nitrogens with zero attached hydrogens (tertiary/aromatic N) is 3. The molecular formula is C23H15F8N3O. The van der Waals surface area contributed by atoms with Crippen LogP contribution in [-0.2, 0) is 6.98 Å². The summed E-state index contributed by atoms with van der Waals surface area (Å²) in [5.74, 6) is -1.13. The van der Waals surface area contributed by atoms with Crippen molar-refractivity contribution in [3.63, 3.8) is 0 Å². The lowest BCUT2D eigenvalue weighted by atomic mass is 10.1. The maximum absolute atomic E-state index is 15.0. The molecule has 1 fully saturated rings. The Bertz CT molecular complexity index is 1540. The van der Waals surface area contributed by atoms with Crippen molar-refractivity contribution in [2.75, 3.05) is 11.4 Å². The highest BCUT2D eigenvalue weighted by Crippen LogP contribution is 2.57. The van der Waals surface area contributed by atoms with Crippen LogP contribution in [0.4, 0.5) is 46.6 Å².